The summed E-state index contributed by atoms with van der Waals surface area (Å²) in [5.74, 6) is -1.63. The Morgan fingerprint density at radius 3 is 2.47 bits per heavy atom. The van der Waals surface area contributed by atoms with E-state index in [1.165, 1.54) is 23.1 Å². The second-order valence-corrected chi connectivity index (χ2v) is 7.06. The molecule has 1 aliphatic heterocycles. The molecule has 0 atom stereocenters. The highest BCUT2D eigenvalue weighted by molar-refractivity contribution is 6.22. The molecule has 2 N–H and O–H groups in total. The molecule has 2 aromatic rings. The van der Waals surface area contributed by atoms with Crippen LogP contribution in [0.1, 0.15) is 56.9 Å². The quantitative estimate of drug-likeness (QED) is 0.717. The SMILES string of the molecule is CC(C)N1C(=O)c2ccc(C(=O)NCc3ccccc3NC(=O)CC#N)cc2C1=O. The molecular formula is C22H20N4O4. The van der Waals surface area contributed by atoms with Gasteiger partial charge < -0.3 is 10.6 Å². The van der Waals surface area contributed by atoms with Gasteiger partial charge in [0.05, 0.1) is 17.2 Å². The van der Waals surface area contributed by atoms with Gasteiger partial charge in [0.25, 0.3) is 17.7 Å². The van der Waals surface area contributed by atoms with Gasteiger partial charge in [0.2, 0.25) is 5.91 Å². The number of anilines is 1. The molecule has 0 saturated carbocycles. The third-order valence-electron chi connectivity index (χ3n) is 4.67. The van der Waals surface area contributed by atoms with Crippen LogP contribution < -0.4 is 10.6 Å². The zero-order chi connectivity index (χ0) is 21.8. The van der Waals surface area contributed by atoms with E-state index < -0.39 is 17.7 Å². The van der Waals surface area contributed by atoms with Gasteiger partial charge in [-0.05, 0) is 43.7 Å². The summed E-state index contributed by atoms with van der Waals surface area (Å²) in [4.78, 5) is 50.3. The number of hydrogen-bond donors (Lipinski definition) is 2. The number of imide groups is 1. The molecule has 3 rings (SSSR count). The monoisotopic (exact) mass is 404 g/mol. The van der Waals surface area contributed by atoms with Gasteiger partial charge in [-0.25, -0.2) is 0 Å². The lowest BCUT2D eigenvalue weighted by molar-refractivity contribution is -0.115. The van der Waals surface area contributed by atoms with Crippen molar-refractivity contribution in [2.24, 2.45) is 0 Å². The molecule has 8 nitrogen and oxygen atoms in total. The third kappa shape index (κ3) is 4.05. The lowest BCUT2D eigenvalue weighted by atomic mass is 10.1. The van der Waals surface area contributed by atoms with Crippen LogP contribution >= 0.6 is 0 Å². The van der Waals surface area contributed by atoms with Crippen molar-refractivity contribution >= 4 is 29.3 Å². The second kappa shape index (κ2) is 8.57. The fraction of sp³-hybridized carbons (Fsp3) is 0.227. The Hall–Kier alpha value is -3.99. The van der Waals surface area contributed by atoms with Crippen LogP contribution in [-0.2, 0) is 11.3 Å². The van der Waals surface area contributed by atoms with E-state index >= 15 is 0 Å². The molecule has 1 aliphatic rings. The van der Waals surface area contributed by atoms with Gasteiger partial charge in [-0.1, -0.05) is 18.2 Å². The number of fused-ring (bicyclic) bond motifs is 1. The van der Waals surface area contributed by atoms with Gasteiger partial charge in [-0.2, -0.15) is 5.26 Å². The van der Waals surface area contributed by atoms with Crippen LogP contribution in [0.4, 0.5) is 5.69 Å². The van der Waals surface area contributed by atoms with E-state index in [4.69, 9.17) is 5.26 Å². The average Bonchev–Trinajstić information content (AvgIpc) is 2.97. The molecule has 0 spiro atoms. The van der Waals surface area contributed by atoms with E-state index in [-0.39, 0.29) is 41.6 Å². The minimum atomic E-state index is -0.437. The van der Waals surface area contributed by atoms with E-state index in [0.717, 1.165) is 0 Å². The molecular weight excluding hydrogens is 384 g/mol. The Kier molecular flexibility index (Phi) is 5.93. The van der Waals surface area contributed by atoms with E-state index in [0.29, 0.717) is 11.3 Å². The highest BCUT2D eigenvalue weighted by Crippen LogP contribution is 2.26. The van der Waals surface area contributed by atoms with E-state index in [1.807, 2.05) is 0 Å². The standard InChI is InChI=1S/C22H20N4O4/c1-13(2)26-21(29)16-8-7-14(11-17(16)22(26)30)20(28)24-12-15-5-3-4-6-18(15)25-19(27)9-10-23/h3-8,11,13H,9,12H2,1-2H3,(H,24,28)(H,25,27). The molecule has 1 heterocycles. The van der Waals surface area contributed by atoms with Gasteiger partial charge >= 0.3 is 0 Å². The number of para-hydroxylation sites is 1. The topological polar surface area (TPSA) is 119 Å². The first-order valence-electron chi connectivity index (χ1n) is 9.38. The van der Waals surface area contributed by atoms with Crippen molar-refractivity contribution in [2.75, 3.05) is 5.32 Å². The van der Waals surface area contributed by atoms with Crippen molar-refractivity contribution in [3.8, 4) is 6.07 Å². The Morgan fingerprint density at radius 2 is 1.77 bits per heavy atom. The Morgan fingerprint density at radius 1 is 1.07 bits per heavy atom. The summed E-state index contributed by atoms with van der Waals surface area (Å²) < 4.78 is 0. The lowest BCUT2D eigenvalue weighted by Gasteiger charge is -2.17. The number of nitriles is 1. The maximum Gasteiger partial charge on any atom is 0.261 e. The predicted octanol–water partition coefficient (Wildman–Crippen LogP) is 2.47. The summed E-state index contributed by atoms with van der Waals surface area (Å²) in [5, 5.41) is 14.0. The molecule has 0 aromatic heterocycles. The first-order valence-corrected chi connectivity index (χ1v) is 9.38. The zero-order valence-corrected chi connectivity index (χ0v) is 16.6. The van der Waals surface area contributed by atoms with Gasteiger partial charge in [-0.3, -0.25) is 24.1 Å². The number of nitrogens with zero attached hydrogens (tertiary/aromatic N) is 2. The molecule has 4 amide bonds. The number of benzene rings is 2. The van der Waals surface area contributed by atoms with Crippen molar-refractivity contribution in [1.29, 1.82) is 5.26 Å². The van der Waals surface area contributed by atoms with E-state index in [1.54, 1.807) is 44.2 Å². The van der Waals surface area contributed by atoms with Crippen molar-refractivity contribution in [1.82, 2.24) is 10.2 Å². The summed E-state index contributed by atoms with van der Waals surface area (Å²) in [6.07, 6.45) is -0.268. The summed E-state index contributed by atoms with van der Waals surface area (Å²) in [5.41, 5.74) is 1.92. The molecule has 0 aliphatic carbocycles. The van der Waals surface area contributed by atoms with E-state index in [9.17, 15) is 19.2 Å². The van der Waals surface area contributed by atoms with Crippen molar-refractivity contribution in [3.05, 3.63) is 64.7 Å². The highest BCUT2D eigenvalue weighted by Gasteiger charge is 2.37. The van der Waals surface area contributed by atoms with Crippen LogP contribution in [-0.4, -0.2) is 34.6 Å². The van der Waals surface area contributed by atoms with Crippen molar-refractivity contribution in [2.45, 2.75) is 32.9 Å². The first-order chi connectivity index (χ1) is 14.3. The zero-order valence-electron chi connectivity index (χ0n) is 16.6. The maximum absolute atomic E-state index is 12.6. The third-order valence-corrected chi connectivity index (χ3v) is 4.67. The summed E-state index contributed by atoms with van der Waals surface area (Å²) in [7, 11) is 0. The smallest absolute Gasteiger partial charge is 0.261 e. The van der Waals surface area contributed by atoms with Gasteiger partial charge in [0.1, 0.15) is 6.42 Å². The minimum Gasteiger partial charge on any atom is -0.348 e. The molecule has 0 fully saturated rings. The average molecular weight is 404 g/mol. The van der Waals surface area contributed by atoms with Gasteiger partial charge in [-0.15, -0.1) is 0 Å². The van der Waals surface area contributed by atoms with Crippen LogP contribution in [0.15, 0.2) is 42.5 Å². The summed E-state index contributed by atoms with van der Waals surface area (Å²) in [6, 6.07) is 12.8. The van der Waals surface area contributed by atoms with Crippen LogP contribution in [0.25, 0.3) is 0 Å². The Labute approximate surface area is 173 Å². The number of carbonyl (C=O) groups excluding carboxylic acids is 4. The largest absolute Gasteiger partial charge is 0.348 e. The number of carbonyl (C=O) groups is 4. The van der Waals surface area contributed by atoms with Crippen molar-refractivity contribution < 1.29 is 19.2 Å². The number of nitrogens with one attached hydrogen (secondary N) is 2. The number of rotatable bonds is 6. The normalized spacial score (nSPS) is 12.5. The molecule has 30 heavy (non-hydrogen) atoms. The summed E-state index contributed by atoms with van der Waals surface area (Å²) in [6.45, 7) is 3.63. The molecule has 0 saturated heterocycles. The molecule has 8 heteroatoms. The first kappa shape index (κ1) is 20.7. The predicted molar refractivity (Wildman–Crippen MR) is 109 cm³/mol. The highest BCUT2D eigenvalue weighted by atomic mass is 16.2. The Balaban J connectivity index is 1.74. The maximum atomic E-state index is 12.6. The van der Waals surface area contributed by atoms with Crippen LogP contribution in [0, 0.1) is 11.3 Å². The van der Waals surface area contributed by atoms with Gasteiger partial charge in [0, 0.05) is 23.8 Å². The number of amides is 4. The fourth-order valence-corrected chi connectivity index (χ4v) is 3.21. The van der Waals surface area contributed by atoms with Crippen LogP contribution in [0.3, 0.4) is 0 Å². The van der Waals surface area contributed by atoms with Crippen LogP contribution in [0.2, 0.25) is 0 Å². The second-order valence-electron chi connectivity index (χ2n) is 7.06. The molecule has 2 aromatic carbocycles. The number of hydrogen-bond acceptors (Lipinski definition) is 5. The molecule has 0 bridgehead atoms. The molecule has 152 valence electrons. The minimum absolute atomic E-state index is 0.129. The van der Waals surface area contributed by atoms with Crippen LogP contribution in [0.5, 0.6) is 0 Å². The fourth-order valence-electron chi connectivity index (χ4n) is 3.21. The van der Waals surface area contributed by atoms with E-state index in [2.05, 4.69) is 10.6 Å². The molecule has 0 radical (unpaired) electrons. The van der Waals surface area contributed by atoms with Crippen molar-refractivity contribution in [3.63, 3.8) is 0 Å². The lowest BCUT2D eigenvalue weighted by Crippen LogP contribution is -2.35. The molecule has 0 unspecified atom stereocenters. The Bertz CT molecular complexity index is 1080. The van der Waals surface area contributed by atoms with Gasteiger partial charge in [0.15, 0.2) is 0 Å². The summed E-state index contributed by atoms with van der Waals surface area (Å²) >= 11 is 0.